The van der Waals surface area contributed by atoms with Crippen LogP contribution in [0.2, 0.25) is 0 Å². The number of benzene rings is 1. The molecule has 0 saturated carbocycles. The average molecular weight is 219 g/mol. The van der Waals surface area contributed by atoms with Gasteiger partial charge in [-0.3, -0.25) is 5.10 Å². The van der Waals surface area contributed by atoms with Crippen LogP contribution in [0.5, 0.6) is 0 Å². The van der Waals surface area contributed by atoms with E-state index in [9.17, 15) is 4.79 Å². The number of anilines is 1. The van der Waals surface area contributed by atoms with Gasteiger partial charge in [-0.2, -0.15) is 5.10 Å². The fourth-order valence-electron chi connectivity index (χ4n) is 1.56. The quantitative estimate of drug-likeness (QED) is 0.768. The van der Waals surface area contributed by atoms with Crippen molar-refractivity contribution >= 4 is 22.6 Å². The Morgan fingerprint density at radius 2 is 2.38 bits per heavy atom. The van der Waals surface area contributed by atoms with E-state index in [1.54, 1.807) is 13.1 Å². The zero-order valence-corrected chi connectivity index (χ0v) is 9.15. The maximum absolute atomic E-state index is 11.3. The minimum absolute atomic E-state index is 0.291. The maximum atomic E-state index is 11.3. The summed E-state index contributed by atoms with van der Waals surface area (Å²) in [6.45, 7) is 1.75. The van der Waals surface area contributed by atoms with Crippen molar-refractivity contribution in [2.75, 3.05) is 12.4 Å². The van der Waals surface area contributed by atoms with Crippen molar-refractivity contribution in [1.29, 1.82) is 0 Å². The number of hydrogen-bond acceptors (Lipinski definition) is 4. The smallest absolute Gasteiger partial charge is 0.327 e. The third-order valence-electron chi connectivity index (χ3n) is 2.41. The van der Waals surface area contributed by atoms with Gasteiger partial charge in [0, 0.05) is 11.1 Å². The summed E-state index contributed by atoms with van der Waals surface area (Å²) in [6, 6.07) is 5.34. The molecule has 1 aromatic heterocycles. The fraction of sp³-hybridized carbons (Fsp3) is 0.273. The molecular formula is C11H13N3O2. The highest BCUT2D eigenvalue weighted by molar-refractivity contribution is 5.92. The van der Waals surface area contributed by atoms with Crippen molar-refractivity contribution in [1.82, 2.24) is 10.2 Å². The van der Waals surface area contributed by atoms with Gasteiger partial charge in [-0.1, -0.05) is 6.07 Å². The summed E-state index contributed by atoms with van der Waals surface area (Å²) < 4.78 is 4.65. The van der Waals surface area contributed by atoms with E-state index in [0.29, 0.717) is 0 Å². The average Bonchev–Trinajstić information content (AvgIpc) is 2.77. The first-order chi connectivity index (χ1) is 7.72. The summed E-state index contributed by atoms with van der Waals surface area (Å²) in [4.78, 5) is 11.3. The van der Waals surface area contributed by atoms with Crippen LogP contribution in [0.25, 0.3) is 10.9 Å². The predicted molar refractivity (Wildman–Crippen MR) is 61.2 cm³/mol. The Bertz CT molecular complexity index is 507. The van der Waals surface area contributed by atoms with Gasteiger partial charge < -0.3 is 10.1 Å². The Labute approximate surface area is 92.8 Å². The number of esters is 1. The fourth-order valence-corrected chi connectivity index (χ4v) is 1.56. The number of carbonyl (C=O) groups excluding carboxylic acids is 1. The molecule has 0 bridgehead atoms. The van der Waals surface area contributed by atoms with Crippen molar-refractivity contribution in [3.8, 4) is 0 Å². The molecule has 1 aromatic carbocycles. The molecule has 2 aromatic rings. The normalized spacial score (nSPS) is 12.4. The highest BCUT2D eigenvalue weighted by Gasteiger charge is 2.13. The number of nitrogens with one attached hydrogen (secondary N) is 2. The van der Waals surface area contributed by atoms with Gasteiger partial charge in [-0.15, -0.1) is 0 Å². The Balaban J connectivity index is 2.27. The van der Waals surface area contributed by atoms with Crippen LogP contribution in [-0.2, 0) is 9.53 Å². The molecule has 2 N–H and O–H groups in total. The first kappa shape index (κ1) is 10.5. The Kier molecular flexibility index (Phi) is 2.76. The van der Waals surface area contributed by atoms with Gasteiger partial charge >= 0.3 is 5.97 Å². The van der Waals surface area contributed by atoms with Crippen LogP contribution in [-0.4, -0.2) is 29.3 Å². The molecule has 16 heavy (non-hydrogen) atoms. The molecular weight excluding hydrogens is 206 g/mol. The third kappa shape index (κ3) is 1.84. The zero-order chi connectivity index (χ0) is 11.5. The summed E-state index contributed by atoms with van der Waals surface area (Å²) in [7, 11) is 1.37. The van der Waals surface area contributed by atoms with Crippen LogP contribution < -0.4 is 5.32 Å². The number of aromatic nitrogens is 2. The monoisotopic (exact) mass is 219 g/mol. The lowest BCUT2D eigenvalue weighted by molar-refractivity contribution is -0.141. The van der Waals surface area contributed by atoms with Gasteiger partial charge in [-0.05, 0) is 19.1 Å². The van der Waals surface area contributed by atoms with E-state index >= 15 is 0 Å². The van der Waals surface area contributed by atoms with Crippen molar-refractivity contribution in [2.24, 2.45) is 0 Å². The van der Waals surface area contributed by atoms with E-state index in [0.717, 1.165) is 16.6 Å². The van der Waals surface area contributed by atoms with Crippen LogP contribution in [0.15, 0.2) is 24.4 Å². The second-order valence-electron chi connectivity index (χ2n) is 3.53. The van der Waals surface area contributed by atoms with Crippen molar-refractivity contribution in [3.05, 3.63) is 24.4 Å². The standard InChI is InChI=1S/C11H13N3O2/c1-7(11(15)16-2)13-9-4-3-5-10-8(9)6-12-14-10/h3-7,13H,1-2H3,(H,12,14). The summed E-state index contributed by atoms with van der Waals surface area (Å²) in [5.41, 5.74) is 1.80. The van der Waals surface area contributed by atoms with E-state index in [4.69, 9.17) is 0 Å². The van der Waals surface area contributed by atoms with E-state index in [-0.39, 0.29) is 12.0 Å². The number of aromatic amines is 1. The molecule has 0 spiro atoms. The molecule has 1 unspecified atom stereocenters. The van der Waals surface area contributed by atoms with Crippen molar-refractivity contribution < 1.29 is 9.53 Å². The second kappa shape index (κ2) is 4.22. The number of hydrogen-bond donors (Lipinski definition) is 2. The molecule has 5 heteroatoms. The molecule has 5 nitrogen and oxygen atoms in total. The number of H-pyrrole nitrogens is 1. The van der Waals surface area contributed by atoms with E-state index in [1.165, 1.54) is 7.11 Å². The van der Waals surface area contributed by atoms with Crippen LogP contribution in [0.4, 0.5) is 5.69 Å². The Morgan fingerprint density at radius 1 is 1.56 bits per heavy atom. The van der Waals surface area contributed by atoms with Crippen molar-refractivity contribution in [2.45, 2.75) is 13.0 Å². The summed E-state index contributed by atoms with van der Waals surface area (Å²) in [5, 5.41) is 10.9. The number of rotatable bonds is 3. The lowest BCUT2D eigenvalue weighted by atomic mass is 10.2. The van der Waals surface area contributed by atoms with Gasteiger partial charge in [0.15, 0.2) is 0 Å². The first-order valence-corrected chi connectivity index (χ1v) is 4.99. The van der Waals surface area contributed by atoms with Crippen LogP contribution >= 0.6 is 0 Å². The van der Waals surface area contributed by atoms with Gasteiger partial charge in [-0.25, -0.2) is 4.79 Å². The van der Waals surface area contributed by atoms with E-state index in [2.05, 4.69) is 20.3 Å². The SMILES string of the molecule is COC(=O)C(C)Nc1cccc2[nH]ncc12. The molecule has 1 heterocycles. The summed E-state index contributed by atoms with van der Waals surface area (Å²) in [5.74, 6) is -0.291. The lowest BCUT2D eigenvalue weighted by Gasteiger charge is -2.13. The molecule has 0 aliphatic carbocycles. The van der Waals surface area contributed by atoms with Gasteiger partial charge in [0.05, 0.1) is 18.8 Å². The number of carbonyl (C=O) groups is 1. The topological polar surface area (TPSA) is 67.0 Å². The van der Waals surface area contributed by atoms with Crippen molar-refractivity contribution in [3.63, 3.8) is 0 Å². The number of fused-ring (bicyclic) bond motifs is 1. The molecule has 84 valence electrons. The van der Waals surface area contributed by atoms with Crippen LogP contribution in [0.1, 0.15) is 6.92 Å². The number of ether oxygens (including phenoxy) is 1. The summed E-state index contributed by atoms with van der Waals surface area (Å²) in [6.07, 6.45) is 1.72. The minimum Gasteiger partial charge on any atom is -0.467 e. The molecule has 0 radical (unpaired) electrons. The van der Waals surface area contributed by atoms with E-state index < -0.39 is 0 Å². The van der Waals surface area contributed by atoms with Gasteiger partial charge in [0.25, 0.3) is 0 Å². The molecule has 0 saturated heterocycles. The first-order valence-electron chi connectivity index (χ1n) is 4.99. The van der Waals surface area contributed by atoms with E-state index in [1.807, 2.05) is 18.2 Å². The highest BCUT2D eigenvalue weighted by Crippen LogP contribution is 2.21. The Hall–Kier alpha value is -2.04. The molecule has 0 fully saturated rings. The Morgan fingerprint density at radius 3 is 3.12 bits per heavy atom. The van der Waals surface area contributed by atoms with Gasteiger partial charge in [0.2, 0.25) is 0 Å². The minimum atomic E-state index is -0.384. The molecule has 2 rings (SSSR count). The zero-order valence-electron chi connectivity index (χ0n) is 9.15. The van der Waals surface area contributed by atoms with Crippen LogP contribution in [0, 0.1) is 0 Å². The number of methoxy groups -OCH3 is 1. The lowest BCUT2D eigenvalue weighted by Crippen LogP contribution is -2.27. The largest absolute Gasteiger partial charge is 0.467 e. The molecule has 0 amide bonds. The highest BCUT2D eigenvalue weighted by atomic mass is 16.5. The maximum Gasteiger partial charge on any atom is 0.327 e. The summed E-state index contributed by atoms with van der Waals surface area (Å²) >= 11 is 0. The molecule has 0 aliphatic heterocycles. The molecule has 0 aliphatic rings. The molecule has 1 atom stereocenters. The van der Waals surface area contributed by atoms with Gasteiger partial charge in [0.1, 0.15) is 6.04 Å². The number of nitrogens with zero attached hydrogens (tertiary/aromatic N) is 1. The predicted octanol–water partition coefficient (Wildman–Crippen LogP) is 1.54. The third-order valence-corrected chi connectivity index (χ3v) is 2.41. The van der Waals surface area contributed by atoms with Crippen LogP contribution in [0.3, 0.4) is 0 Å². The second-order valence-corrected chi connectivity index (χ2v) is 3.53.